The largest absolute Gasteiger partial charge is 0.493 e. The standard InChI is InChI=1S/C28H38N2O10/c1-8-24(40-28(32)18-14-22(35-4)26(38-7)23(15-18)36-5)30-11-9-10-19(16-29-30)39-27(31)17-12-20(33-2)25(37-6)21(13-17)34-3/h12-15,19,24,29H,8-11,16H2,1-7H3. The maximum Gasteiger partial charge on any atom is 0.340 e. The van der Waals surface area contributed by atoms with E-state index in [0.717, 1.165) is 0 Å². The first-order valence-electron chi connectivity index (χ1n) is 12.9. The zero-order chi connectivity index (χ0) is 29.2. The average Bonchev–Trinajstić information content (AvgIpc) is 3.23. The molecule has 1 heterocycles. The van der Waals surface area contributed by atoms with Crippen molar-refractivity contribution in [3.05, 3.63) is 35.4 Å². The molecule has 3 rings (SSSR count). The number of rotatable bonds is 12. The normalized spacial score (nSPS) is 16.2. The first-order valence-corrected chi connectivity index (χ1v) is 12.9. The Bertz CT molecular complexity index is 1120. The van der Waals surface area contributed by atoms with Crippen molar-refractivity contribution in [2.75, 3.05) is 55.7 Å². The van der Waals surface area contributed by atoms with Crippen LogP contribution in [0.1, 0.15) is 46.9 Å². The molecule has 1 saturated heterocycles. The summed E-state index contributed by atoms with van der Waals surface area (Å²) in [4.78, 5) is 26.0. The van der Waals surface area contributed by atoms with E-state index in [1.807, 2.05) is 11.9 Å². The lowest BCUT2D eigenvalue weighted by Crippen LogP contribution is -2.48. The van der Waals surface area contributed by atoms with Gasteiger partial charge in [-0.05, 0) is 43.5 Å². The Morgan fingerprint density at radius 1 is 0.800 bits per heavy atom. The number of carbonyl (C=O) groups is 2. The van der Waals surface area contributed by atoms with Crippen LogP contribution in [0, 0.1) is 0 Å². The van der Waals surface area contributed by atoms with E-state index < -0.39 is 24.3 Å². The van der Waals surface area contributed by atoms with Crippen molar-refractivity contribution < 1.29 is 47.5 Å². The molecule has 220 valence electrons. The Balaban J connectivity index is 1.66. The molecule has 0 spiro atoms. The van der Waals surface area contributed by atoms with Gasteiger partial charge in [-0.3, -0.25) is 0 Å². The van der Waals surface area contributed by atoms with E-state index in [-0.39, 0.29) is 11.1 Å². The van der Waals surface area contributed by atoms with E-state index in [1.165, 1.54) is 42.7 Å². The molecule has 1 fully saturated rings. The zero-order valence-corrected chi connectivity index (χ0v) is 24.0. The van der Waals surface area contributed by atoms with Crippen LogP contribution in [-0.2, 0) is 9.47 Å². The van der Waals surface area contributed by atoms with Crippen molar-refractivity contribution in [1.29, 1.82) is 0 Å². The fourth-order valence-electron chi connectivity index (χ4n) is 4.41. The summed E-state index contributed by atoms with van der Waals surface area (Å²) in [7, 11) is 8.91. The van der Waals surface area contributed by atoms with Gasteiger partial charge in [-0.1, -0.05) is 6.92 Å². The lowest BCUT2D eigenvalue weighted by molar-refractivity contribution is -0.0571. The quantitative estimate of drug-likeness (QED) is 0.381. The van der Waals surface area contributed by atoms with Gasteiger partial charge >= 0.3 is 11.9 Å². The minimum Gasteiger partial charge on any atom is -0.493 e. The highest BCUT2D eigenvalue weighted by atomic mass is 16.6. The minimum absolute atomic E-state index is 0.264. The molecule has 0 amide bonds. The lowest BCUT2D eigenvalue weighted by Gasteiger charge is -2.30. The van der Waals surface area contributed by atoms with Crippen LogP contribution >= 0.6 is 0 Å². The predicted octanol–water partition coefficient (Wildman–Crippen LogP) is 3.46. The molecule has 2 aromatic rings. The monoisotopic (exact) mass is 562 g/mol. The molecule has 0 bridgehead atoms. The number of hydrogen-bond donors (Lipinski definition) is 1. The number of carbonyl (C=O) groups excluding carboxylic acids is 2. The molecule has 0 aromatic heterocycles. The van der Waals surface area contributed by atoms with Crippen LogP contribution in [0.4, 0.5) is 0 Å². The van der Waals surface area contributed by atoms with Gasteiger partial charge in [0.1, 0.15) is 6.10 Å². The van der Waals surface area contributed by atoms with E-state index in [9.17, 15) is 9.59 Å². The molecule has 2 atom stereocenters. The molecular formula is C28H38N2O10. The van der Waals surface area contributed by atoms with Crippen molar-refractivity contribution >= 4 is 11.9 Å². The number of esters is 2. The summed E-state index contributed by atoms with van der Waals surface area (Å²) in [6.45, 7) is 2.84. The summed E-state index contributed by atoms with van der Waals surface area (Å²) >= 11 is 0. The number of nitrogens with zero attached hydrogens (tertiary/aromatic N) is 1. The van der Waals surface area contributed by atoms with E-state index in [0.29, 0.717) is 66.8 Å². The predicted molar refractivity (Wildman–Crippen MR) is 145 cm³/mol. The van der Waals surface area contributed by atoms with Crippen LogP contribution in [0.2, 0.25) is 0 Å². The van der Waals surface area contributed by atoms with Crippen LogP contribution < -0.4 is 33.8 Å². The fraction of sp³-hybridized carbons (Fsp3) is 0.500. The van der Waals surface area contributed by atoms with Crippen LogP contribution in [-0.4, -0.2) is 85.0 Å². The van der Waals surface area contributed by atoms with Gasteiger partial charge in [-0.15, -0.1) is 0 Å². The highest BCUT2D eigenvalue weighted by Crippen LogP contribution is 2.39. The minimum atomic E-state index is -0.559. The van der Waals surface area contributed by atoms with Gasteiger partial charge in [0.05, 0.1) is 53.8 Å². The average molecular weight is 563 g/mol. The van der Waals surface area contributed by atoms with Gasteiger partial charge in [0.15, 0.2) is 29.2 Å². The molecule has 2 unspecified atom stereocenters. The second kappa shape index (κ2) is 14.5. The van der Waals surface area contributed by atoms with Gasteiger partial charge < -0.3 is 37.9 Å². The highest BCUT2D eigenvalue weighted by molar-refractivity contribution is 5.92. The van der Waals surface area contributed by atoms with E-state index in [2.05, 4.69) is 5.43 Å². The first-order chi connectivity index (χ1) is 19.3. The molecule has 40 heavy (non-hydrogen) atoms. The highest BCUT2D eigenvalue weighted by Gasteiger charge is 2.28. The van der Waals surface area contributed by atoms with E-state index >= 15 is 0 Å². The van der Waals surface area contributed by atoms with Crippen LogP contribution in [0.5, 0.6) is 34.5 Å². The molecule has 1 aliphatic rings. The van der Waals surface area contributed by atoms with Crippen LogP contribution in [0.25, 0.3) is 0 Å². The van der Waals surface area contributed by atoms with Crippen molar-refractivity contribution in [2.45, 2.75) is 38.5 Å². The van der Waals surface area contributed by atoms with Gasteiger partial charge in [0.25, 0.3) is 0 Å². The van der Waals surface area contributed by atoms with Crippen LogP contribution in [0.3, 0.4) is 0 Å². The Kier molecular flexibility index (Phi) is 11.1. The number of methoxy groups -OCH3 is 6. The van der Waals surface area contributed by atoms with Gasteiger partial charge in [-0.2, -0.15) is 0 Å². The first kappa shape index (κ1) is 30.6. The smallest absolute Gasteiger partial charge is 0.340 e. The van der Waals surface area contributed by atoms with Crippen molar-refractivity contribution in [2.24, 2.45) is 0 Å². The van der Waals surface area contributed by atoms with Crippen molar-refractivity contribution in [3.63, 3.8) is 0 Å². The summed E-state index contributed by atoms with van der Waals surface area (Å²) in [6, 6.07) is 6.20. The van der Waals surface area contributed by atoms with Gasteiger partial charge in [0.2, 0.25) is 11.5 Å². The molecular weight excluding hydrogens is 524 g/mol. The molecule has 12 heteroatoms. The molecule has 0 aliphatic carbocycles. The Hall–Kier alpha value is -3.90. The lowest BCUT2D eigenvalue weighted by atomic mass is 10.1. The van der Waals surface area contributed by atoms with Gasteiger partial charge in [-0.25, -0.2) is 20.0 Å². The molecule has 1 N–H and O–H groups in total. The third kappa shape index (κ3) is 6.99. The summed E-state index contributed by atoms with van der Waals surface area (Å²) in [6.07, 6.45) is 0.894. The second-order valence-corrected chi connectivity index (χ2v) is 8.82. The Labute approximate surface area is 234 Å². The zero-order valence-electron chi connectivity index (χ0n) is 24.0. The van der Waals surface area contributed by atoms with Crippen molar-refractivity contribution in [3.8, 4) is 34.5 Å². The summed E-state index contributed by atoms with van der Waals surface area (Å²) < 4.78 is 43.7. The number of benzene rings is 2. The summed E-state index contributed by atoms with van der Waals surface area (Å²) in [5.41, 5.74) is 3.81. The number of hydrogen-bond acceptors (Lipinski definition) is 12. The topological polar surface area (TPSA) is 123 Å². The summed E-state index contributed by atoms with van der Waals surface area (Å²) in [5.74, 6) is 1.15. The number of hydrazine groups is 1. The third-order valence-electron chi connectivity index (χ3n) is 6.46. The molecule has 12 nitrogen and oxygen atoms in total. The maximum absolute atomic E-state index is 13.1. The van der Waals surface area contributed by atoms with E-state index in [4.69, 9.17) is 37.9 Å². The molecule has 0 saturated carbocycles. The van der Waals surface area contributed by atoms with Crippen molar-refractivity contribution in [1.82, 2.24) is 10.4 Å². The number of nitrogens with one attached hydrogen (secondary N) is 1. The van der Waals surface area contributed by atoms with Gasteiger partial charge in [0, 0.05) is 13.1 Å². The fourth-order valence-corrected chi connectivity index (χ4v) is 4.41. The van der Waals surface area contributed by atoms with Crippen LogP contribution in [0.15, 0.2) is 24.3 Å². The Morgan fingerprint density at radius 2 is 1.27 bits per heavy atom. The maximum atomic E-state index is 13.1. The number of ether oxygens (including phenoxy) is 8. The SMILES string of the molecule is CCC(OC(=O)c1cc(OC)c(OC)c(OC)c1)N1CCCC(OC(=O)c2cc(OC)c(OC)c(OC)c2)CN1. The molecule has 0 radical (unpaired) electrons. The van der Waals surface area contributed by atoms with E-state index in [1.54, 1.807) is 24.3 Å². The summed E-state index contributed by atoms with van der Waals surface area (Å²) in [5, 5.41) is 1.85. The molecule has 1 aliphatic heterocycles. The third-order valence-corrected chi connectivity index (χ3v) is 6.46. The molecule has 2 aromatic carbocycles. The second-order valence-electron chi connectivity index (χ2n) is 8.82. The Morgan fingerprint density at radius 3 is 1.70 bits per heavy atom.